The number of alkyl halides is 12. The Hall–Kier alpha value is -15.0. The first-order valence-electron chi connectivity index (χ1n) is 38.5. The van der Waals surface area contributed by atoms with Crippen molar-refractivity contribution in [3.63, 3.8) is 0 Å². The monoisotopic (exact) mass is 1780 g/mol. The van der Waals surface area contributed by atoms with E-state index in [0.29, 0.717) is 67.9 Å². The number of aromatic amines is 4. The molecule has 128 heavy (non-hydrogen) atoms. The van der Waals surface area contributed by atoms with Gasteiger partial charge in [-0.2, -0.15) is 56.6 Å². The Morgan fingerprint density at radius 2 is 0.562 bits per heavy atom. The molecule has 0 saturated heterocycles. The second-order valence-corrected chi connectivity index (χ2v) is 28.3. The number of hydrogen-bond acceptors (Lipinski definition) is 14. The van der Waals surface area contributed by atoms with Crippen LogP contribution in [0.5, 0.6) is 46.0 Å². The van der Waals surface area contributed by atoms with Gasteiger partial charge in [-0.3, -0.25) is 14.4 Å². The number of carbonyl (C=O) groups excluding carboxylic acids is 3. The highest BCUT2D eigenvalue weighted by Gasteiger charge is 2.33. The molecule has 0 aliphatic carbocycles. The molecule has 10 N–H and O–H groups in total. The maximum Gasteiger partial charge on any atom is 0.416 e. The number of hydrogen-bond donors (Lipinski definition) is 9. The van der Waals surface area contributed by atoms with Crippen molar-refractivity contribution in [1.29, 1.82) is 0 Å². The van der Waals surface area contributed by atoms with E-state index in [1.54, 1.807) is 165 Å². The number of benzene rings is 12. The van der Waals surface area contributed by atoms with Crippen molar-refractivity contribution in [2.24, 2.45) is 5.73 Å². The fourth-order valence-corrected chi connectivity index (χ4v) is 12.4. The van der Waals surface area contributed by atoms with Gasteiger partial charge in [-0.15, -0.1) is 0 Å². The molecule has 0 fully saturated rings. The highest BCUT2D eigenvalue weighted by molar-refractivity contribution is 7.93. The molecule has 0 saturated carbocycles. The fourth-order valence-electron chi connectivity index (χ4n) is 12.4. The predicted molar refractivity (Wildman–Crippen MR) is 458 cm³/mol. The average Bonchev–Trinajstić information content (AvgIpc) is 0.838. The number of imidazole rings is 4. The first kappa shape index (κ1) is 93.7. The smallest absolute Gasteiger partial charge is 0.416 e. The zero-order valence-corrected chi connectivity index (χ0v) is 68.7. The molecule has 35 heteroatoms. The second-order valence-electron chi connectivity index (χ2n) is 28.0. The van der Waals surface area contributed by atoms with Gasteiger partial charge in [-0.05, 0) is 243 Å². The summed E-state index contributed by atoms with van der Waals surface area (Å²) >= 11 is 0.250. The maximum atomic E-state index is 12.7. The molecule has 16 aromatic rings. The van der Waals surface area contributed by atoms with Crippen LogP contribution in [-0.2, 0) is 24.7 Å². The van der Waals surface area contributed by atoms with Crippen molar-refractivity contribution in [3.05, 3.63) is 360 Å². The Balaban J connectivity index is 0.000000159. The average molecular weight is 1790 g/mol. The quantitative estimate of drug-likeness (QED) is 0.0340. The number of aromatic carboxylic acids is 1. The maximum absolute atomic E-state index is 12.7. The molecule has 4 aromatic heterocycles. The summed E-state index contributed by atoms with van der Waals surface area (Å²) in [4.78, 5) is 77.0. The molecule has 16 rings (SSSR count). The molecule has 3 amide bonds. The molecule has 0 aliphatic rings. The summed E-state index contributed by atoms with van der Waals surface area (Å²) in [5.74, 6) is 4.01. The third kappa shape index (κ3) is 25.6. The molecule has 0 spiro atoms. The number of halogens is 13. The highest BCUT2D eigenvalue weighted by atomic mass is 32.2. The number of carbonyl (C=O) groups is 4. The minimum absolute atomic E-state index is 0.0185. The van der Waals surface area contributed by atoms with E-state index in [1.165, 1.54) is 66.9 Å². The molecule has 0 aliphatic heterocycles. The summed E-state index contributed by atoms with van der Waals surface area (Å²) in [7, 11) is 0. The van der Waals surface area contributed by atoms with E-state index in [4.69, 9.17) is 29.8 Å². The number of ether oxygens (including phenoxy) is 4. The summed E-state index contributed by atoms with van der Waals surface area (Å²) in [6, 6.07) is 58.1. The summed E-state index contributed by atoms with van der Waals surface area (Å²) in [6.45, 7) is 7.37. The number of fused-ring (bicyclic) bond motifs is 4. The van der Waals surface area contributed by atoms with Crippen molar-refractivity contribution in [1.82, 2.24) is 55.8 Å². The number of rotatable bonds is 19. The lowest BCUT2D eigenvalue weighted by Gasteiger charge is -2.13. The number of nitrogens with zero attached hydrogens (tertiary/aromatic N) is 4. The van der Waals surface area contributed by atoms with Gasteiger partial charge in [0, 0.05) is 106 Å². The Bertz CT molecular complexity index is 5910. The van der Waals surface area contributed by atoms with Crippen molar-refractivity contribution < 1.29 is 99.8 Å². The molecule has 0 bridgehead atoms. The van der Waals surface area contributed by atoms with Gasteiger partial charge in [0.15, 0.2) is 0 Å². The van der Waals surface area contributed by atoms with Crippen LogP contribution in [0.25, 0.3) is 43.1 Å². The van der Waals surface area contributed by atoms with E-state index < -0.39 is 52.9 Å². The van der Waals surface area contributed by atoms with Gasteiger partial charge in [0.05, 0.1) is 52.0 Å². The zero-order valence-electron chi connectivity index (χ0n) is 67.9. The number of aromatic nitrogens is 8. The molecule has 660 valence electrons. The molecule has 0 radical (unpaired) electrons. The van der Waals surface area contributed by atoms with E-state index in [-0.39, 0.29) is 82.6 Å². The van der Waals surface area contributed by atoms with Crippen LogP contribution in [0.3, 0.4) is 0 Å². The van der Waals surface area contributed by atoms with Gasteiger partial charge in [0.25, 0.3) is 17.7 Å². The van der Waals surface area contributed by atoms with E-state index in [2.05, 4.69) is 55.8 Å². The van der Waals surface area contributed by atoms with Gasteiger partial charge < -0.3 is 65.7 Å². The number of nitrogens with one attached hydrogen (secondary N) is 7. The molecule has 2 unspecified atom stereocenters. The fraction of sp³-hybridized carbons (Fsp3) is 0.140. The van der Waals surface area contributed by atoms with Crippen LogP contribution in [0.2, 0.25) is 0 Å². The lowest BCUT2D eigenvalue weighted by atomic mass is 10.1. The highest BCUT2D eigenvalue weighted by Crippen LogP contribution is 2.40. The second kappa shape index (κ2) is 42.1. The van der Waals surface area contributed by atoms with Crippen molar-refractivity contribution in [3.8, 4) is 46.0 Å². The topological polar surface area (TPSA) is 302 Å². The summed E-state index contributed by atoms with van der Waals surface area (Å²) in [5, 5.41) is 23.5. The van der Waals surface area contributed by atoms with E-state index in [0.717, 1.165) is 86.7 Å². The Labute approximate surface area is 725 Å². The van der Waals surface area contributed by atoms with Crippen molar-refractivity contribution >= 4 is 78.9 Å². The third-order valence-electron chi connectivity index (χ3n) is 18.8. The van der Waals surface area contributed by atoms with Crippen molar-refractivity contribution in [2.45, 2.75) is 76.6 Å². The van der Waals surface area contributed by atoms with Crippen molar-refractivity contribution in [2.75, 3.05) is 6.26 Å². The number of carboxylic acids is 1. The molecule has 12 aromatic carbocycles. The van der Waals surface area contributed by atoms with Gasteiger partial charge in [0.1, 0.15) is 69.3 Å². The third-order valence-corrected chi connectivity index (χ3v) is 18.8. The lowest BCUT2D eigenvalue weighted by Crippen LogP contribution is -2.27. The van der Waals surface area contributed by atoms with Gasteiger partial charge in [-0.25, -0.2) is 24.7 Å². The van der Waals surface area contributed by atoms with E-state index in [1.807, 2.05) is 45.9 Å². The van der Waals surface area contributed by atoms with Crippen LogP contribution >= 0.6 is 12.1 Å². The SMILES string of the molecule is CC(N)c1ncc[nH]1.CC(NC(=O)c1ccc2c(Oc3ccc(C(F)(F)F)cc3)cccc2c1)c1ncc[nH]1.CSF.C[C@@H](NC(=O)c1ccc2c(Oc3ccc(C(F)(F)F)cc3)cccc2c1)c1ncc[nH]1.C[C@H](NC(=O)c1ccc2c(Oc3ccc(C(F)(F)F)cc3)cccc2c1)c1ncc[nH]1.O=C(O)c1ccc2c(Oc3ccc(C(F)(F)F)cc3)cccc2c1. The van der Waals surface area contributed by atoms with Crippen LogP contribution in [0.15, 0.2) is 292 Å². The predicted octanol–water partition coefficient (Wildman–Crippen LogP) is 24.6. The Morgan fingerprint density at radius 1 is 0.344 bits per heavy atom. The molecule has 21 nitrogen and oxygen atoms in total. The molecular weight excluding hydrogens is 1710 g/mol. The number of nitrogens with two attached hydrogens (primary N) is 1. The molecular formula is C93H77F13N12O9S. The van der Waals surface area contributed by atoms with Gasteiger partial charge >= 0.3 is 30.7 Å². The van der Waals surface area contributed by atoms with Gasteiger partial charge in [-0.1, -0.05) is 48.5 Å². The summed E-state index contributed by atoms with van der Waals surface area (Å²) in [5.41, 5.74) is 4.05. The number of carboxylic acid groups (broad SMARTS) is 1. The van der Waals surface area contributed by atoms with Crippen LogP contribution in [0.4, 0.5) is 56.6 Å². The number of amides is 3. The summed E-state index contributed by atoms with van der Waals surface area (Å²) < 4.78 is 186. The molecule has 4 heterocycles. The first-order valence-corrected chi connectivity index (χ1v) is 39.7. The number of H-pyrrole nitrogens is 4. The first-order chi connectivity index (χ1) is 61.0. The van der Waals surface area contributed by atoms with E-state index in [9.17, 15) is 75.7 Å². The Kier molecular flexibility index (Phi) is 30.8. The molecule has 4 atom stereocenters. The van der Waals surface area contributed by atoms with Gasteiger partial charge in [0.2, 0.25) is 0 Å². The summed E-state index contributed by atoms with van der Waals surface area (Å²) in [6.07, 6.45) is -2.85. The van der Waals surface area contributed by atoms with Crippen LogP contribution < -0.4 is 40.6 Å². The minimum Gasteiger partial charge on any atom is -0.478 e. The Morgan fingerprint density at radius 3 is 0.758 bits per heavy atom. The zero-order chi connectivity index (χ0) is 92.0. The van der Waals surface area contributed by atoms with Crippen LogP contribution in [0.1, 0.15) is 139 Å². The van der Waals surface area contributed by atoms with E-state index >= 15 is 0 Å². The normalized spacial score (nSPS) is 12.2. The minimum atomic E-state index is -4.40. The van der Waals surface area contributed by atoms with Crippen LogP contribution in [0, 0.1) is 0 Å². The lowest BCUT2D eigenvalue weighted by molar-refractivity contribution is -0.138. The standard InChI is InChI=1S/3C23H18F3N3O2.C18H11F3O3.C5H9N3.CH3FS/c3*1-14(21-27-11-12-28-21)29-22(30)16-5-10-19-15(13-16)3-2-4-20(19)31-18-8-6-17(7-9-18)23(24,25)26;19-18(20,21)13-5-7-14(8-6-13)24-16-3-1-2-11-10-12(17(22)23)4-9-15(11)16;1-4(6)5-7-2-3-8-5;1-3-2/h3*2-14H,1H3,(H,27,28)(H,29,30);1-10H,(H,22,23);2-4H,6H2,1H3,(H,7,8);1H3/t2*14-;;;;/m10..../s1. The van der Waals surface area contributed by atoms with Crippen LogP contribution in [-0.4, -0.2) is 74.9 Å². The largest absolute Gasteiger partial charge is 0.478 e.